The Bertz CT molecular complexity index is 1800. The third kappa shape index (κ3) is 7.30. The average molecular weight is 624 g/mol. The summed E-state index contributed by atoms with van der Waals surface area (Å²) in [7, 11) is 0. The minimum Gasteiger partial charge on any atom is -0.355 e. The van der Waals surface area contributed by atoms with Gasteiger partial charge in [-0.2, -0.15) is 0 Å². The van der Waals surface area contributed by atoms with E-state index in [2.05, 4.69) is 98.8 Å². The highest BCUT2D eigenvalue weighted by Crippen LogP contribution is 2.35. The number of hydrogen-bond acceptors (Lipinski definition) is 2. The van der Waals surface area contributed by atoms with Gasteiger partial charge < -0.3 is 9.97 Å². The van der Waals surface area contributed by atoms with Gasteiger partial charge in [-0.15, -0.1) is 0 Å². The van der Waals surface area contributed by atoms with Crippen molar-refractivity contribution in [1.82, 2.24) is 19.9 Å². The molecule has 5 aromatic rings. The minimum absolute atomic E-state index is 0. The lowest BCUT2D eigenvalue weighted by Gasteiger charge is -1.98. The van der Waals surface area contributed by atoms with Crippen LogP contribution in [0, 0.1) is 0 Å². The average Bonchev–Trinajstić information content (AvgIpc) is 3.78. The van der Waals surface area contributed by atoms with Crippen molar-refractivity contribution >= 4 is 92.1 Å². The Morgan fingerprint density at radius 1 is 0.500 bits per heavy atom. The van der Waals surface area contributed by atoms with E-state index in [0.29, 0.717) is 0 Å². The van der Waals surface area contributed by atoms with Crippen LogP contribution in [0.25, 0.3) is 57.5 Å². The molecule has 3 aliphatic rings. The van der Waals surface area contributed by atoms with E-state index in [0.717, 1.165) is 51.3 Å². The molecule has 8 bridgehead atoms. The van der Waals surface area contributed by atoms with Crippen LogP contribution in [0.1, 0.15) is 33.9 Å². The first-order chi connectivity index (χ1) is 20.0. The molecule has 5 heterocycles. The van der Waals surface area contributed by atoms with Crippen LogP contribution >= 0.6 is 34.8 Å². The fraction of sp³-hybridized carbons (Fsp3) is 0.0588. The second-order valence-electron chi connectivity index (χ2n) is 9.64. The van der Waals surface area contributed by atoms with Crippen molar-refractivity contribution in [2.75, 3.05) is 0 Å². The van der Waals surface area contributed by atoms with Crippen LogP contribution in [0.2, 0.25) is 0 Å². The number of fused-ring (bicyclic) bond motifs is 11. The second kappa shape index (κ2) is 13.4. The van der Waals surface area contributed by atoms with Crippen LogP contribution in [0.4, 0.5) is 0 Å². The first kappa shape index (κ1) is 29.6. The van der Waals surface area contributed by atoms with Crippen LogP contribution in [-0.2, 0) is 6.42 Å². The van der Waals surface area contributed by atoms with E-state index >= 15 is 0 Å². The van der Waals surface area contributed by atoms with Crippen molar-refractivity contribution < 1.29 is 0 Å². The second-order valence-corrected chi connectivity index (χ2v) is 11.6. The third-order valence-corrected chi connectivity index (χ3v) is 6.75. The number of aromatic amines is 2. The molecule has 8 heteroatoms. The van der Waals surface area contributed by atoms with E-state index in [9.17, 15) is 0 Å². The zero-order valence-electron chi connectivity index (χ0n) is 22.4. The van der Waals surface area contributed by atoms with Gasteiger partial charge in [-0.25, -0.2) is 9.97 Å². The Balaban J connectivity index is 0.000000165. The Morgan fingerprint density at radius 3 is 1.29 bits per heavy atom. The van der Waals surface area contributed by atoms with Crippen LogP contribution in [0.3, 0.4) is 0 Å². The van der Waals surface area contributed by atoms with E-state index < -0.39 is 4.30 Å². The molecule has 8 rings (SSSR count). The number of halogens is 3. The number of alkyl halides is 3. The number of aromatic nitrogens is 4. The molecule has 0 unspecified atom stereocenters. The maximum absolute atomic E-state index is 4.81. The van der Waals surface area contributed by atoms with E-state index in [-0.39, 0.29) is 11.0 Å². The molecule has 206 valence electrons. The summed E-state index contributed by atoms with van der Waals surface area (Å²) in [4.78, 5) is 16.0. The molecule has 4 nitrogen and oxygen atoms in total. The predicted molar refractivity (Wildman–Crippen MR) is 181 cm³/mol. The number of nitrogens with zero attached hydrogens (tertiary/aromatic N) is 2. The van der Waals surface area contributed by atoms with Gasteiger partial charge in [0, 0.05) is 33.0 Å². The van der Waals surface area contributed by atoms with Crippen molar-refractivity contribution in [3.05, 3.63) is 131 Å². The standard InChI is InChI=1S/C20H14N4.C13H10.CHCl3.Si/c1-2-14-10-16-5-6-18(23-16)12-20-8-7-19(24-20)11-17-4-3-15(22-17)9-13(1)21-14;1-3-7-12-10(5-1)9-11-6-2-4-8-13(11)12;2-1(3)4;/h1-12,21-22H;1-8H,9H2;1H;. The highest BCUT2D eigenvalue weighted by atomic mass is 35.6. The Hall–Kier alpha value is -3.87. The third-order valence-electron chi connectivity index (χ3n) is 6.75. The summed E-state index contributed by atoms with van der Waals surface area (Å²) < 4.78 is -0.750. The van der Waals surface area contributed by atoms with E-state index in [1.54, 1.807) is 0 Å². The van der Waals surface area contributed by atoms with Gasteiger partial charge in [-0.1, -0.05) is 83.3 Å². The quantitative estimate of drug-likeness (QED) is 0.131. The van der Waals surface area contributed by atoms with Crippen LogP contribution in [-0.4, -0.2) is 35.2 Å². The van der Waals surface area contributed by atoms with E-state index in [1.165, 1.54) is 22.3 Å². The molecule has 0 fully saturated rings. The molecule has 1 aliphatic carbocycles. The molecule has 4 radical (unpaired) electrons. The van der Waals surface area contributed by atoms with E-state index in [1.807, 2.05) is 42.5 Å². The highest BCUT2D eigenvalue weighted by molar-refractivity contribution is 6.63. The van der Waals surface area contributed by atoms with Gasteiger partial charge >= 0.3 is 0 Å². The lowest BCUT2D eigenvalue weighted by Crippen LogP contribution is -1.77. The summed E-state index contributed by atoms with van der Waals surface area (Å²) in [5, 5.41) is 0. The summed E-state index contributed by atoms with van der Waals surface area (Å²) in [6.07, 6.45) is 9.15. The molecule has 0 saturated carbocycles. The van der Waals surface area contributed by atoms with E-state index in [4.69, 9.17) is 34.8 Å². The summed E-state index contributed by atoms with van der Waals surface area (Å²) in [6, 6.07) is 33.7. The maximum atomic E-state index is 4.81. The van der Waals surface area contributed by atoms with Gasteiger partial charge in [-0.3, -0.25) is 0 Å². The zero-order chi connectivity index (χ0) is 28.2. The van der Waals surface area contributed by atoms with Crippen molar-refractivity contribution in [3.63, 3.8) is 0 Å². The fourth-order valence-electron chi connectivity index (χ4n) is 5.02. The van der Waals surface area contributed by atoms with Crippen molar-refractivity contribution in [3.8, 4) is 11.1 Å². The molecule has 0 spiro atoms. The molecule has 2 aromatic carbocycles. The Labute approximate surface area is 263 Å². The maximum Gasteiger partial charge on any atom is 0.180 e. The predicted octanol–water partition coefficient (Wildman–Crippen LogP) is 9.52. The molecule has 3 aromatic heterocycles. The van der Waals surface area contributed by atoms with Crippen molar-refractivity contribution in [1.29, 1.82) is 0 Å². The zero-order valence-corrected chi connectivity index (χ0v) is 25.6. The summed E-state index contributed by atoms with van der Waals surface area (Å²) in [6.45, 7) is 0. The number of nitrogens with one attached hydrogen (secondary N) is 2. The summed E-state index contributed by atoms with van der Waals surface area (Å²) in [5.41, 5.74) is 13.6. The smallest absolute Gasteiger partial charge is 0.180 e. The lowest BCUT2D eigenvalue weighted by atomic mass is 10.1. The van der Waals surface area contributed by atoms with Gasteiger partial charge in [0.1, 0.15) is 0 Å². The van der Waals surface area contributed by atoms with Crippen LogP contribution in [0.15, 0.2) is 97.1 Å². The molecular weight excluding hydrogens is 599 g/mol. The van der Waals surface area contributed by atoms with Gasteiger partial charge in [0.05, 0.1) is 22.8 Å². The number of benzene rings is 2. The van der Waals surface area contributed by atoms with Crippen molar-refractivity contribution in [2.24, 2.45) is 0 Å². The molecule has 2 N–H and O–H groups in total. The Morgan fingerprint density at radius 2 is 0.857 bits per heavy atom. The fourth-order valence-corrected chi connectivity index (χ4v) is 5.02. The topological polar surface area (TPSA) is 57.4 Å². The first-order valence-corrected chi connectivity index (χ1v) is 14.4. The lowest BCUT2D eigenvalue weighted by molar-refractivity contribution is 1.26. The molecular formula is C34H25Cl3N4Si. The monoisotopic (exact) mass is 622 g/mol. The molecule has 2 aliphatic heterocycles. The summed E-state index contributed by atoms with van der Waals surface area (Å²) >= 11 is 14.4. The Kier molecular flexibility index (Phi) is 9.45. The number of rotatable bonds is 0. The SMILES string of the molecule is C1=Cc2cc3ccc(cc4ccc(cc5nc(cc1n2)C=C5)[nH]4)[nH]3.ClC(Cl)Cl.[Si].c1ccc2c(c1)Cc1ccccc1-2. The largest absolute Gasteiger partial charge is 0.355 e. The molecule has 0 saturated heterocycles. The molecule has 0 amide bonds. The number of hydrogen-bond donors (Lipinski definition) is 2. The first-order valence-electron chi connectivity index (χ1n) is 13.1. The van der Waals surface area contributed by atoms with Crippen LogP contribution in [0.5, 0.6) is 0 Å². The summed E-state index contributed by atoms with van der Waals surface area (Å²) in [5.74, 6) is 0. The van der Waals surface area contributed by atoms with Crippen LogP contribution < -0.4 is 0 Å². The highest BCUT2D eigenvalue weighted by Gasteiger charge is 2.15. The minimum atomic E-state index is -0.750. The van der Waals surface area contributed by atoms with Gasteiger partial charge in [0.2, 0.25) is 0 Å². The number of H-pyrrole nitrogens is 2. The van der Waals surface area contributed by atoms with Gasteiger partial charge in [0.25, 0.3) is 0 Å². The normalized spacial score (nSPS) is 11.9. The molecule has 0 atom stereocenters. The van der Waals surface area contributed by atoms with Crippen molar-refractivity contribution in [2.45, 2.75) is 10.7 Å². The van der Waals surface area contributed by atoms with Gasteiger partial charge in [0.15, 0.2) is 4.30 Å². The molecule has 42 heavy (non-hydrogen) atoms. The van der Waals surface area contributed by atoms with Gasteiger partial charge in [-0.05, 0) is 102 Å².